The summed E-state index contributed by atoms with van der Waals surface area (Å²) in [6.45, 7) is 3.99. The molecular formula is C15H22N4O. The summed E-state index contributed by atoms with van der Waals surface area (Å²) >= 11 is 0. The van der Waals surface area contributed by atoms with Gasteiger partial charge in [-0.25, -0.2) is 9.97 Å². The Balaban J connectivity index is 1.90. The van der Waals surface area contributed by atoms with Crippen molar-refractivity contribution in [3.05, 3.63) is 30.7 Å². The Morgan fingerprint density at radius 1 is 1.25 bits per heavy atom. The molecule has 1 saturated carbocycles. The van der Waals surface area contributed by atoms with E-state index in [1.807, 2.05) is 0 Å². The fraction of sp³-hybridized carbons (Fsp3) is 0.533. The Kier molecular flexibility index (Phi) is 5.53. The second kappa shape index (κ2) is 7.62. The summed E-state index contributed by atoms with van der Waals surface area (Å²) in [7, 11) is 0. The van der Waals surface area contributed by atoms with E-state index in [4.69, 9.17) is 0 Å². The summed E-state index contributed by atoms with van der Waals surface area (Å²) in [6.07, 6.45) is 12.3. The van der Waals surface area contributed by atoms with E-state index in [1.54, 1.807) is 12.3 Å². The standard InChI is InChI=1S/C15H22N4O/c1-2-9-16-15(20)13-10-18-14(11-17-13)19-12-7-5-3-4-6-8-12/h2,10-12H,1,3-9H2,(H,16,20)(H,18,19). The number of hydrogen-bond acceptors (Lipinski definition) is 4. The molecule has 5 nitrogen and oxygen atoms in total. The molecular weight excluding hydrogens is 252 g/mol. The van der Waals surface area contributed by atoms with Crippen molar-refractivity contribution in [2.24, 2.45) is 0 Å². The van der Waals surface area contributed by atoms with Gasteiger partial charge in [0.1, 0.15) is 11.5 Å². The van der Waals surface area contributed by atoms with Crippen molar-refractivity contribution < 1.29 is 4.79 Å². The number of nitrogens with zero attached hydrogens (tertiary/aromatic N) is 2. The minimum atomic E-state index is -0.224. The van der Waals surface area contributed by atoms with Crippen molar-refractivity contribution >= 4 is 11.7 Å². The van der Waals surface area contributed by atoms with Crippen molar-refractivity contribution in [3.63, 3.8) is 0 Å². The maximum absolute atomic E-state index is 11.7. The fourth-order valence-corrected chi connectivity index (χ4v) is 2.41. The zero-order valence-electron chi connectivity index (χ0n) is 11.8. The highest BCUT2D eigenvalue weighted by atomic mass is 16.1. The monoisotopic (exact) mass is 274 g/mol. The van der Waals surface area contributed by atoms with Crippen molar-refractivity contribution in [3.8, 4) is 0 Å². The fourth-order valence-electron chi connectivity index (χ4n) is 2.41. The van der Waals surface area contributed by atoms with Gasteiger partial charge >= 0.3 is 0 Å². The Labute approximate surface area is 119 Å². The maximum atomic E-state index is 11.7. The predicted molar refractivity (Wildman–Crippen MR) is 79.7 cm³/mol. The topological polar surface area (TPSA) is 66.9 Å². The van der Waals surface area contributed by atoms with Gasteiger partial charge in [0.25, 0.3) is 5.91 Å². The van der Waals surface area contributed by atoms with Crippen LogP contribution in [0.2, 0.25) is 0 Å². The molecule has 1 amide bonds. The van der Waals surface area contributed by atoms with E-state index in [9.17, 15) is 4.79 Å². The average molecular weight is 274 g/mol. The summed E-state index contributed by atoms with van der Waals surface area (Å²) in [5.74, 6) is 0.524. The van der Waals surface area contributed by atoms with Crippen LogP contribution in [0.25, 0.3) is 0 Å². The van der Waals surface area contributed by atoms with Gasteiger partial charge in [0.05, 0.1) is 12.4 Å². The smallest absolute Gasteiger partial charge is 0.271 e. The lowest BCUT2D eigenvalue weighted by molar-refractivity contribution is 0.0952. The molecule has 1 aliphatic carbocycles. The summed E-state index contributed by atoms with van der Waals surface area (Å²) in [5.41, 5.74) is 0.332. The largest absolute Gasteiger partial charge is 0.366 e. The molecule has 1 fully saturated rings. The molecule has 1 heterocycles. The first-order valence-corrected chi connectivity index (χ1v) is 7.27. The van der Waals surface area contributed by atoms with Gasteiger partial charge in [-0.3, -0.25) is 4.79 Å². The second-order valence-electron chi connectivity index (χ2n) is 5.12. The molecule has 0 bridgehead atoms. The molecule has 5 heteroatoms. The summed E-state index contributed by atoms with van der Waals surface area (Å²) in [5, 5.41) is 6.09. The molecule has 2 N–H and O–H groups in total. The summed E-state index contributed by atoms with van der Waals surface area (Å²) in [4.78, 5) is 20.1. The lowest BCUT2D eigenvalue weighted by Crippen LogP contribution is -2.25. The second-order valence-corrected chi connectivity index (χ2v) is 5.12. The number of nitrogens with one attached hydrogen (secondary N) is 2. The Morgan fingerprint density at radius 3 is 2.60 bits per heavy atom. The molecule has 0 radical (unpaired) electrons. The molecule has 1 aliphatic rings. The highest BCUT2D eigenvalue weighted by Crippen LogP contribution is 2.19. The molecule has 0 saturated heterocycles. The van der Waals surface area contributed by atoms with Gasteiger partial charge in [0.15, 0.2) is 0 Å². The normalized spacial score (nSPS) is 16.2. The van der Waals surface area contributed by atoms with Gasteiger partial charge in [0.2, 0.25) is 0 Å². The van der Waals surface area contributed by atoms with Gasteiger partial charge in [-0.2, -0.15) is 0 Å². The Bertz CT molecular complexity index is 436. The summed E-state index contributed by atoms with van der Waals surface area (Å²) in [6, 6.07) is 0.479. The van der Waals surface area contributed by atoms with Crippen LogP contribution in [-0.2, 0) is 0 Å². The number of carbonyl (C=O) groups is 1. The van der Waals surface area contributed by atoms with Crippen LogP contribution in [0.15, 0.2) is 25.0 Å². The van der Waals surface area contributed by atoms with Crippen LogP contribution in [0, 0.1) is 0 Å². The van der Waals surface area contributed by atoms with Gasteiger partial charge in [-0.1, -0.05) is 31.8 Å². The van der Waals surface area contributed by atoms with Crippen molar-refractivity contribution in [1.29, 1.82) is 0 Å². The molecule has 0 atom stereocenters. The third-order valence-corrected chi connectivity index (χ3v) is 3.50. The van der Waals surface area contributed by atoms with Crippen LogP contribution in [0.3, 0.4) is 0 Å². The molecule has 0 spiro atoms. The molecule has 108 valence electrons. The van der Waals surface area contributed by atoms with Crippen LogP contribution >= 0.6 is 0 Å². The number of aromatic nitrogens is 2. The van der Waals surface area contributed by atoms with Crippen molar-refractivity contribution in [1.82, 2.24) is 15.3 Å². The van der Waals surface area contributed by atoms with Crippen LogP contribution in [0.1, 0.15) is 49.0 Å². The van der Waals surface area contributed by atoms with E-state index in [-0.39, 0.29) is 5.91 Å². The first-order valence-electron chi connectivity index (χ1n) is 7.27. The third-order valence-electron chi connectivity index (χ3n) is 3.50. The number of carbonyl (C=O) groups excluding carboxylic acids is 1. The molecule has 0 unspecified atom stereocenters. The van der Waals surface area contributed by atoms with E-state index in [2.05, 4.69) is 27.2 Å². The van der Waals surface area contributed by atoms with Gasteiger partial charge in [0, 0.05) is 12.6 Å². The zero-order chi connectivity index (χ0) is 14.2. The van der Waals surface area contributed by atoms with E-state index >= 15 is 0 Å². The van der Waals surface area contributed by atoms with Crippen molar-refractivity contribution in [2.75, 3.05) is 11.9 Å². The van der Waals surface area contributed by atoms with Crippen LogP contribution in [0.5, 0.6) is 0 Å². The van der Waals surface area contributed by atoms with Gasteiger partial charge in [-0.15, -0.1) is 6.58 Å². The Hall–Kier alpha value is -1.91. The molecule has 1 aromatic heterocycles. The Morgan fingerprint density at radius 2 is 2.00 bits per heavy atom. The molecule has 1 aromatic rings. The van der Waals surface area contributed by atoms with Crippen molar-refractivity contribution in [2.45, 2.75) is 44.6 Å². The van der Waals surface area contributed by atoms with E-state index in [1.165, 1.54) is 44.7 Å². The van der Waals surface area contributed by atoms with E-state index in [0.29, 0.717) is 18.3 Å². The van der Waals surface area contributed by atoms with E-state index < -0.39 is 0 Å². The lowest BCUT2D eigenvalue weighted by atomic mass is 10.1. The SMILES string of the molecule is C=CCNC(=O)c1cnc(NC2CCCCCC2)cn1. The minimum absolute atomic E-state index is 0.224. The third kappa shape index (κ3) is 4.33. The highest BCUT2D eigenvalue weighted by Gasteiger charge is 2.13. The van der Waals surface area contributed by atoms with Gasteiger partial charge in [-0.05, 0) is 12.8 Å². The lowest BCUT2D eigenvalue weighted by Gasteiger charge is -2.16. The summed E-state index contributed by atoms with van der Waals surface area (Å²) < 4.78 is 0. The first kappa shape index (κ1) is 14.5. The number of hydrogen-bond donors (Lipinski definition) is 2. The quantitative estimate of drug-likeness (QED) is 0.639. The highest BCUT2D eigenvalue weighted by molar-refractivity contribution is 5.92. The number of amides is 1. The molecule has 20 heavy (non-hydrogen) atoms. The van der Waals surface area contributed by atoms with Crippen LogP contribution < -0.4 is 10.6 Å². The molecule has 0 aromatic carbocycles. The minimum Gasteiger partial charge on any atom is -0.366 e. The van der Waals surface area contributed by atoms with Crippen LogP contribution in [-0.4, -0.2) is 28.5 Å². The predicted octanol–water partition coefficient (Wildman–Crippen LogP) is 2.53. The van der Waals surface area contributed by atoms with E-state index in [0.717, 1.165) is 5.82 Å². The number of rotatable bonds is 5. The molecule has 2 rings (SSSR count). The average Bonchev–Trinajstić information content (AvgIpc) is 2.74. The zero-order valence-corrected chi connectivity index (χ0v) is 11.8. The first-order chi connectivity index (χ1) is 9.79. The van der Waals surface area contributed by atoms with Gasteiger partial charge < -0.3 is 10.6 Å². The molecule has 0 aliphatic heterocycles. The van der Waals surface area contributed by atoms with Crippen LogP contribution in [0.4, 0.5) is 5.82 Å². The number of anilines is 1. The maximum Gasteiger partial charge on any atom is 0.271 e.